The van der Waals surface area contributed by atoms with Crippen molar-refractivity contribution in [2.45, 2.75) is 6.54 Å². The van der Waals surface area contributed by atoms with Crippen LogP contribution in [0.15, 0.2) is 60.8 Å². The molecule has 3 aromatic rings. The molecule has 0 unspecified atom stereocenters. The maximum Gasteiger partial charge on any atom is 0.0474 e. The third-order valence-electron chi connectivity index (χ3n) is 3.38. The van der Waals surface area contributed by atoms with E-state index in [9.17, 15) is 0 Å². The molecule has 1 heterocycles. The number of hydrogen-bond acceptors (Lipinski definition) is 2. The van der Waals surface area contributed by atoms with Gasteiger partial charge in [-0.2, -0.15) is 0 Å². The monoisotopic (exact) mass is 265 g/mol. The second-order valence-corrected chi connectivity index (χ2v) is 4.83. The predicted molar refractivity (Wildman–Crippen MR) is 84.9 cm³/mol. The lowest BCUT2D eigenvalue weighted by molar-refractivity contribution is 0.707. The highest BCUT2D eigenvalue weighted by Crippen LogP contribution is 2.21. The normalized spacial score (nSPS) is 10.8. The Morgan fingerprint density at radius 1 is 0.850 bits per heavy atom. The minimum Gasteiger partial charge on any atom is -0.383 e. The topological polar surface area (TPSA) is 39.8 Å². The zero-order chi connectivity index (χ0) is 13.6. The molecule has 0 aliphatic rings. The van der Waals surface area contributed by atoms with E-state index in [1.165, 1.54) is 22.2 Å². The molecule has 3 N–H and O–H groups in total. The minimum absolute atomic E-state index is 0.914. The Hall–Kier alpha value is -2.26. The average Bonchev–Trinajstić information content (AvgIpc) is 2.97. The first-order valence-electron chi connectivity index (χ1n) is 6.98. The molecule has 0 saturated carbocycles. The number of rotatable bonds is 6. The van der Waals surface area contributed by atoms with Crippen molar-refractivity contribution in [2.75, 3.05) is 18.4 Å². The Labute approximate surface area is 119 Å². The van der Waals surface area contributed by atoms with Crippen LogP contribution in [0.25, 0.3) is 10.9 Å². The third-order valence-corrected chi connectivity index (χ3v) is 3.38. The van der Waals surface area contributed by atoms with Gasteiger partial charge in [-0.1, -0.05) is 36.4 Å². The van der Waals surface area contributed by atoms with Crippen molar-refractivity contribution in [3.63, 3.8) is 0 Å². The molecule has 3 nitrogen and oxygen atoms in total. The van der Waals surface area contributed by atoms with Gasteiger partial charge in [0, 0.05) is 42.4 Å². The summed E-state index contributed by atoms with van der Waals surface area (Å²) >= 11 is 0. The molecule has 3 rings (SSSR count). The molecule has 20 heavy (non-hydrogen) atoms. The summed E-state index contributed by atoms with van der Waals surface area (Å²) in [6.45, 7) is 2.77. The van der Waals surface area contributed by atoms with E-state index >= 15 is 0 Å². The molecule has 0 atom stereocenters. The van der Waals surface area contributed by atoms with E-state index in [2.05, 4.69) is 64.1 Å². The molecule has 102 valence electrons. The van der Waals surface area contributed by atoms with Crippen LogP contribution in [0.1, 0.15) is 5.56 Å². The summed E-state index contributed by atoms with van der Waals surface area (Å²) in [5, 5.41) is 8.17. The number of H-pyrrole nitrogens is 1. The summed E-state index contributed by atoms with van der Waals surface area (Å²) in [5.74, 6) is 0. The van der Waals surface area contributed by atoms with Crippen molar-refractivity contribution < 1.29 is 0 Å². The van der Waals surface area contributed by atoms with Crippen LogP contribution in [-0.2, 0) is 6.54 Å². The molecule has 2 aromatic carbocycles. The van der Waals surface area contributed by atoms with E-state index in [1.54, 1.807) is 0 Å². The van der Waals surface area contributed by atoms with Crippen LogP contribution in [0.3, 0.4) is 0 Å². The third kappa shape index (κ3) is 3.00. The summed E-state index contributed by atoms with van der Waals surface area (Å²) in [4.78, 5) is 3.23. The van der Waals surface area contributed by atoms with Gasteiger partial charge in [0.2, 0.25) is 0 Å². The van der Waals surface area contributed by atoms with E-state index < -0.39 is 0 Å². The van der Waals surface area contributed by atoms with Crippen LogP contribution < -0.4 is 10.6 Å². The number of fused-ring (bicyclic) bond motifs is 1. The highest BCUT2D eigenvalue weighted by molar-refractivity contribution is 5.91. The fourth-order valence-corrected chi connectivity index (χ4v) is 2.35. The van der Waals surface area contributed by atoms with Crippen LogP contribution in [0.2, 0.25) is 0 Å². The predicted octanol–water partition coefficient (Wildman–Crippen LogP) is 3.37. The SMILES string of the molecule is c1ccc(CNCCNc2cccc3[nH]ccc23)cc1. The molecule has 0 saturated heterocycles. The van der Waals surface area contributed by atoms with Crippen molar-refractivity contribution in [3.05, 3.63) is 66.4 Å². The second-order valence-electron chi connectivity index (χ2n) is 4.83. The zero-order valence-corrected chi connectivity index (χ0v) is 11.4. The van der Waals surface area contributed by atoms with Gasteiger partial charge in [0.25, 0.3) is 0 Å². The van der Waals surface area contributed by atoms with Gasteiger partial charge in [-0.05, 0) is 23.8 Å². The highest BCUT2D eigenvalue weighted by atomic mass is 14.9. The van der Waals surface area contributed by atoms with E-state index in [1.807, 2.05) is 12.3 Å². The van der Waals surface area contributed by atoms with Crippen LogP contribution in [0.5, 0.6) is 0 Å². The number of benzene rings is 2. The molecule has 0 amide bonds. The van der Waals surface area contributed by atoms with Crippen LogP contribution in [0.4, 0.5) is 5.69 Å². The van der Waals surface area contributed by atoms with Crippen molar-refractivity contribution in [3.8, 4) is 0 Å². The standard InChI is InChI=1S/C17H19N3/c1-2-5-14(6-3-1)13-18-11-12-20-17-8-4-7-16-15(17)9-10-19-16/h1-10,18-20H,11-13H2. The lowest BCUT2D eigenvalue weighted by atomic mass is 10.2. The van der Waals surface area contributed by atoms with Gasteiger partial charge in [-0.3, -0.25) is 0 Å². The Bertz CT molecular complexity index is 658. The molecule has 0 aliphatic carbocycles. The van der Waals surface area contributed by atoms with Gasteiger partial charge in [-0.25, -0.2) is 0 Å². The van der Waals surface area contributed by atoms with Crippen molar-refractivity contribution in [1.82, 2.24) is 10.3 Å². The van der Waals surface area contributed by atoms with Gasteiger partial charge in [0.05, 0.1) is 0 Å². The lowest BCUT2D eigenvalue weighted by Gasteiger charge is -2.09. The number of aromatic nitrogens is 1. The van der Waals surface area contributed by atoms with Crippen molar-refractivity contribution in [2.24, 2.45) is 0 Å². The summed E-state index contributed by atoms with van der Waals surface area (Å²) in [5.41, 5.74) is 3.68. The molecule has 0 bridgehead atoms. The largest absolute Gasteiger partial charge is 0.383 e. The summed E-state index contributed by atoms with van der Waals surface area (Å²) in [6.07, 6.45) is 1.98. The first-order chi connectivity index (χ1) is 9.93. The fourth-order valence-electron chi connectivity index (χ4n) is 2.35. The molecular formula is C17H19N3. The fraction of sp³-hybridized carbons (Fsp3) is 0.176. The molecule has 3 heteroatoms. The maximum absolute atomic E-state index is 3.48. The van der Waals surface area contributed by atoms with E-state index in [0.717, 1.165) is 19.6 Å². The number of hydrogen-bond donors (Lipinski definition) is 3. The molecule has 0 aliphatic heterocycles. The zero-order valence-electron chi connectivity index (χ0n) is 11.4. The Morgan fingerprint density at radius 2 is 1.75 bits per heavy atom. The quantitative estimate of drug-likeness (QED) is 0.598. The number of nitrogens with one attached hydrogen (secondary N) is 3. The van der Waals surface area contributed by atoms with Gasteiger partial charge < -0.3 is 15.6 Å². The first kappa shape index (κ1) is 12.8. The summed E-state index contributed by atoms with van der Waals surface area (Å²) < 4.78 is 0. The Kier molecular flexibility index (Phi) is 3.99. The summed E-state index contributed by atoms with van der Waals surface area (Å²) in [7, 11) is 0. The van der Waals surface area contributed by atoms with Crippen LogP contribution >= 0.6 is 0 Å². The van der Waals surface area contributed by atoms with E-state index in [-0.39, 0.29) is 0 Å². The smallest absolute Gasteiger partial charge is 0.0474 e. The first-order valence-corrected chi connectivity index (χ1v) is 6.98. The molecule has 0 fully saturated rings. The maximum atomic E-state index is 3.48. The number of anilines is 1. The molecule has 0 radical (unpaired) electrons. The van der Waals surface area contributed by atoms with E-state index in [4.69, 9.17) is 0 Å². The van der Waals surface area contributed by atoms with Crippen LogP contribution in [-0.4, -0.2) is 18.1 Å². The Balaban J connectivity index is 1.47. The van der Waals surface area contributed by atoms with Gasteiger partial charge in [0.15, 0.2) is 0 Å². The average molecular weight is 265 g/mol. The second kappa shape index (κ2) is 6.26. The number of aromatic amines is 1. The molecular weight excluding hydrogens is 246 g/mol. The van der Waals surface area contributed by atoms with Crippen molar-refractivity contribution in [1.29, 1.82) is 0 Å². The Morgan fingerprint density at radius 3 is 2.65 bits per heavy atom. The van der Waals surface area contributed by atoms with Gasteiger partial charge in [-0.15, -0.1) is 0 Å². The lowest BCUT2D eigenvalue weighted by Crippen LogP contribution is -2.21. The molecule has 0 spiro atoms. The van der Waals surface area contributed by atoms with Crippen molar-refractivity contribution >= 4 is 16.6 Å². The summed E-state index contributed by atoms with van der Waals surface area (Å²) in [6, 6.07) is 18.9. The van der Waals surface area contributed by atoms with E-state index in [0.29, 0.717) is 0 Å². The highest BCUT2D eigenvalue weighted by Gasteiger charge is 2.00. The van der Waals surface area contributed by atoms with Crippen LogP contribution in [0, 0.1) is 0 Å². The van der Waals surface area contributed by atoms with Gasteiger partial charge >= 0.3 is 0 Å². The molecule has 1 aromatic heterocycles. The minimum atomic E-state index is 0.914. The van der Waals surface area contributed by atoms with Gasteiger partial charge in [0.1, 0.15) is 0 Å².